The fourth-order valence-corrected chi connectivity index (χ4v) is 7.65. The van der Waals surface area contributed by atoms with Crippen molar-refractivity contribution < 1.29 is 25.9 Å². The third-order valence-electron chi connectivity index (χ3n) is 8.84. The van der Waals surface area contributed by atoms with Crippen molar-refractivity contribution in [2.75, 3.05) is 0 Å². The van der Waals surface area contributed by atoms with E-state index in [2.05, 4.69) is 27.7 Å². The Bertz CT molecular complexity index is 723. The van der Waals surface area contributed by atoms with E-state index >= 15 is 0 Å². The van der Waals surface area contributed by atoms with Gasteiger partial charge in [-0.2, -0.15) is 0 Å². The van der Waals surface area contributed by atoms with Crippen molar-refractivity contribution in [3.8, 4) is 0 Å². The minimum Gasteiger partial charge on any atom is -0.748 e. The van der Waals surface area contributed by atoms with Gasteiger partial charge in [-0.05, 0) is 25.7 Å². The van der Waals surface area contributed by atoms with Crippen LogP contribution in [0.15, 0.2) is 0 Å². The molecule has 6 nitrogen and oxygen atoms in total. The SMILES string of the molecule is CCCCCCCCCCCC(CCCCCC)S(=O)(=O)[O-].CCCCCCCCCCCC(CCCCCC)S(=O)(=O)[O-].[Ba+2]. The van der Waals surface area contributed by atoms with E-state index in [0.29, 0.717) is 25.7 Å². The molecule has 2 atom stereocenters. The maximum Gasteiger partial charge on any atom is 2.00 e. The number of rotatable bonds is 32. The largest absolute Gasteiger partial charge is 2.00 e. The van der Waals surface area contributed by atoms with Crippen LogP contribution in [0.4, 0.5) is 0 Å². The summed E-state index contributed by atoms with van der Waals surface area (Å²) in [5.41, 5.74) is 0. The van der Waals surface area contributed by atoms with Crippen molar-refractivity contribution in [1.82, 2.24) is 0 Å². The summed E-state index contributed by atoms with van der Waals surface area (Å²) in [5.74, 6) is 0. The second kappa shape index (κ2) is 36.7. The Morgan fingerprint density at radius 1 is 0.333 bits per heavy atom. The maximum absolute atomic E-state index is 11.3. The normalized spacial score (nSPS) is 13.1. The molecule has 0 aromatic rings. The van der Waals surface area contributed by atoms with Gasteiger partial charge in [-0.15, -0.1) is 0 Å². The summed E-state index contributed by atoms with van der Waals surface area (Å²) in [4.78, 5) is 0. The summed E-state index contributed by atoms with van der Waals surface area (Å²) < 4.78 is 67.8. The van der Waals surface area contributed by atoms with Gasteiger partial charge in [0.1, 0.15) is 0 Å². The molecule has 0 radical (unpaired) electrons. The van der Waals surface area contributed by atoms with Crippen LogP contribution in [0.2, 0.25) is 0 Å². The van der Waals surface area contributed by atoms with E-state index in [4.69, 9.17) is 0 Å². The molecule has 9 heteroatoms. The van der Waals surface area contributed by atoms with E-state index in [1.807, 2.05) is 0 Å². The quantitative estimate of drug-likeness (QED) is 0.0380. The van der Waals surface area contributed by atoms with Crippen LogP contribution in [0.5, 0.6) is 0 Å². The zero-order valence-corrected chi connectivity index (χ0v) is 36.4. The molecule has 0 aromatic carbocycles. The first-order valence-electron chi connectivity index (χ1n) is 18.9. The van der Waals surface area contributed by atoms with Crippen molar-refractivity contribution in [1.29, 1.82) is 0 Å². The van der Waals surface area contributed by atoms with Crippen molar-refractivity contribution in [3.05, 3.63) is 0 Å². The molecule has 0 amide bonds. The number of hydrogen-bond acceptors (Lipinski definition) is 6. The molecule has 0 aliphatic carbocycles. The standard InChI is InChI=1S/2C18H38O3S.Ba/c2*1-3-5-7-9-10-11-12-13-15-17-18(22(19,20)21)16-14-8-6-4-2;/h2*18H,3-17H2,1-2H3,(H,19,20,21);/q;;+2/p-2. The second-order valence-electron chi connectivity index (χ2n) is 13.2. The topological polar surface area (TPSA) is 114 Å². The molecule has 0 saturated carbocycles. The molecule has 0 aliphatic heterocycles. The molecule has 2 unspecified atom stereocenters. The fourth-order valence-electron chi connectivity index (χ4n) is 5.83. The van der Waals surface area contributed by atoms with Gasteiger partial charge in [-0.25, -0.2) is 16.8 Å². The predicted molar refractivity (Wildman–Crippen MR) is 194 cm³/mol. The first-order chi connectivity index (χ1) is 21.0. The van der Waals surface area contributed by atoms with Crippen LogP contribution in [0.3, 0.4) is 0 Å². The summed E-state index contributed by atoms with van der Waals surface area (Å²) >= 11 is 0. The first-order valence-corrected chi connectivity index (χ1v) is 21.9. The van der Waals surface area contributed by atoms with E-state index in [1.165, 1.54) is 89.9 Å². The summed E-state index contributed by atoms with van der Waals surface area (Å²) in [6.45, 7) is 8.71. The van der Waals surface area contributed by atoms with Gasteiger partial charge in [-0.1, -0.05) is 195 Å². The summed E-state index contributed by atoms with van der Waals surface area (Å²) in [7, 11) is -8.22. The van der Waals surface area contributed by atoms with Crippen LogP contribution >= 0.6 is 0 Å². The second-order valence-corrected chi connectivity index (χ2v) is 16.5. The average Bonchev–Trinajstić information content (AvgIpc) is 2.96. The molecule has 0 aliphatic rings. The molecule has 268 valence electrons. The minimum absolute atomic E-state index is 0. The average molecular weight is 804 g/mol. The Morgan fingerprint density at radius 2 is 0.489 bits per heavy atom. The molecule has 0 spiro atoms. The number of hydrogen-bond donors (Lipinski definition) is 0. The van der Waals surface area contributed by atoms with Crippen LogP contribution in [0.1, 0.15) is 220 Å². The molecule has 0 bridgehead atoms. The fraction of sp³-hybridized carbons (Fsp3) is 1.00. The molecule has 0 heterocycles. The third-order valence-corrected chi connectivity index (χ3v) is 11.4. The van der Waals surface area contributed by atoms with Gasteiger partial charge in [0.25, 0.3) is 0 Å². The Labute approximate surface area is 322 Å². The molecular weight excluding hydrogens is 730 g/mol. The molecule has 45 heavy (non-hydrogen) atoms. The Kier molecular flexibility index (Phi) is 41.4. The molecule has 0 fully saturated rings. The Hall–Kier alpha value is 1.39. The first kappa shape index (κ1) is 50.8. The van der Waals surface area contributed by atoms with Gasteiger partial charge in [0.05, 0.1) is 20.2 Å². The van der Waals surface area contributed by atoms with Gasteiger partial charge in [0, 0.05) is 10.5 Å². The Balaban J connectivity index is -0.000000767. The van der Waals surface area contributed by atoms with Crippen LogP contribution in [0, 0.1) is 0 Å². The van der Waals surface area contributed by atoms with Gasteiger partial charge in [-0.3, -0.25) is 0 Å². The smallest absolute Gasteiger partial charge is 0.748 e. The molecule has 0 aromatic heterocycles. The van der Waals surface area contributed by atoms with E-state index in [1.54, 1.807) is 0 Å². The van der Waals surface area contributed by atoms with E-state index in [9.17, 15) is 25.9 Å². The number of unbranched alkanes of at least 4 members (excludes halogenated alkanes) is 22. The van der Waals surface area contributed by atoms with E-state index in [0.717, 1.165) is 77.0 Å². The Morgan fingerprint density at radius 3 is 0.667 bits per heavy atom. The van der Waals surface area contributed by atoms with Gasteiger partial charge >= 0.3 is 48.9 Å². The summed E-state index contributed by atoms with van der Waals surface area (Å²) in [5, 5.41) is -1.29. The molecule has 0 rings (SSSR count). The van der Waals surface area contributed by atoms with Crippen LogP contribution in [-0.4, -0.2) is 85.3 Å². The van der Waals surface area contributed by atoms with Crippen LogP contribution < -0.4 is 0 Å². The summed E-state index contributed by atoms with van der Waals surface area (Å²) in [6, 6.07) is 0. The van der Waals surface area contributed by atoms with Gasteiger partial charge < -0.3 is 9.11 Å². The van der Waals surface area contributed by atoms with Crippen molar-refractivity contribution in [3.63, 3.8) is 0 Å². The monoisotopic (exact) mass is 804 g/mol. The predicted octanol–water partition coefficient (Wildman–Crippen LogP) is 11.2. The minimum atomic E-state index is -4.11. The zero-order valence-electron chi connectivity index (χ0n) is 30.3. The zero-order chi connectivity index (χ0) is 33.4. The summed E-state index contributed by atoms with van der Waals surface area (Å²) in [6.07, 6.45) is 32.5. The van der Waals surface area contributed by atoms with E-state index in [-0.39, 0.29) is 48.9 Å². The molecule has 0 saturated heterocycles. The maximum atomic E-state index is 11.3. The van der Waals surface area contributed by atoms with Gasteiger partial charge in [0.15, 0.2) is 0 Å². The molecular formula is C36H74BaO6S2. The van der Waals surface area contributed by atoms with Crippen molar-refractivity contribution in [2.45, 2.75) is 231 Å². The van der Waals surface area contributed by atoms with E-state index < -0.39 is 30.7 Å². The van der Waals surface area contributed by atoms with Gasteiger partial charge in [0.2, 0.25) is 0 Å². The van der Waals surface area contributed by atoms with Crippen LogP contribution in [-0.2, 0) is 20.2 Å². The molecule has 0 N–H and O–H groups in total. The van der Waals surface area contributed by atoms with Crippen molar-refractivity contribution in [2.24, 2.45) is 0 Å². The van der Waals surface area contributed by atoms with Crippen LogP contribution in [0.25, 0.3) is 0 Å². The third kappa shape index (κ3) is 38.1. The van der Waals surface area contributed by atoms with Crippen molar-refractivity contribution >= 4 is 69.1 Å².